The molecule has 0 atom stereocenters. The smallest absolute Gasteiger partial charge is 0.871 e. The van der Waals surface area contributed by atoms with Gasteiger partial charge >= 0.3 is 17.4 Å². The van der Waals surface area contributed by atoms with Crippen molar-refractivity contribution >= 4 is 39.2 Å². The monoisotopic (exact) mass is 403 g/mol. The van der Waals surface area contributed by atoms with Crippen LogP contribution in [-0.2, 0) is 0 Å². The van der Waals surface area contributed by atoms with E-state index in [-0.39, 0.29) is 28.9 Å². The minimum absolute atomic E-state index is 0. The van der Waals surface area contributed by atoms with Gasteiger partial charge in [0.2, 0.25) is 0 Å². The number of methoxy groups -OCH3 is 2. The Labute approximate surface area is 179 Å². The van der Waals surface area contributed by atoms with E-state index in [0.717, 1.165) is 22.2 Å². The maximum Gasteiger partial charge on any atom is 2.00 e. The molecule has 0 saturated heterocycles. The average Bonchev–Trinajstić information content (AvgIpc) is 2.69. The number of aromatic nitrogens is 2. The van der Waals surface area contributed by atoms with Gasteiger partial charge in [0.1, 0.15) is 11.5 Å². The minimum atomic E-state index is -0.0653. The summed E-state index contributed by atoms with van der Waals surface area (Å²) in [7, 11) is 3.18. The molecule has 0 fully saturated rings. The summed E-state index contributed by atoms with van der Waals surface area (Å²) >= 11 is 0. The summed E-state index contributed by atoms with van der Waals surface area (Å²) in [5.41, 5.74) is 2.53. The molecule has 1 radical (unpaired) electrons. The van der Waals surface area contributed by atoms with Crippen LogP contribution in [0.5, 0.6) is 23.0 Å². The van der Waals surface area contributed by atoms with Crippen molar-refractivity contribution in [2.24, 2.45) is 0 Å². The van der Waals surface area contributed by atoms with Crippen LogP contribution >= 0.6 is 0 Å². The topological polar surface area (TPSA) is 90.4 Å². The van der Waals surface area contributed by atoms with Crippen molar-refractivity contribution in [2.45, 2.75) is 13.8 Å². The Kier molecular flexibility index (Phi) is 7.27. The molecule has 0 amide bonds. The molecule has 0 N–H and O–H groups in total. The van der Waals surface area contributed by atoms with Gasteiger partial charge in [-0.2, -0.15) is 0 Å². The van der Waals surface area contributed by atoms with E-state index in [9.17, 15) is 10.2 Å². The van der Waals surface area contributed by atoms with Crippen LogP contribution in [0.3, 0.4) is 0 Å². The van der Waals surface area contributed by atoms with Crippen molar-refractivity contribution in [3.05, 3.63) is 59.9 Å². The number of ether oxygens (including phenoxy) is 2. The Morgan fingerprint density at radius 3 is 1.41 bits per heavy atom. The van der Waals surface area contributed by atoms with Crippen LogP contribution in [-0.4, -0.2) is 41.5 Å². The van der Waals surface area contributed by atoms with Crippen LogP contribution in [0.15, 0.2) is 48.5 Å². The molecule has 0 saturated carbocycles. The number of hydrogen-bond donors (Lipinski definition) is 0. The van der Waals surface area contributed by atoms with Gasteiger partial charge in [0.25, 0.3) is 0 Å². The molecule has 2 aromatic carbocycles. The number of fused-ring (bicyclic) bond motifs is 2. The van der Waals surface area contributed by atoms with Crippen LogP contribution in [0, 0.1) is 13.8 Å². The number of pyridine rings is 2. The number of para-hydroxylation sites is 2. The summed E-state index contributed by atoms with van der Waals surface area (Å²) in [6, 6.07) is 13.8. The molecule has 2 heterocycles. The third-order valence-corrected chi connectivity index (χ3v) is 4.23. The Balaban J connectivity index is 0.000000200. The molecule has 7 heteroatoms. The Bertz CT molecular complexity index is 1060. The summed E-state index contributed by atoms with van der Waals surface area (Å²) in [4.78, 5) is 8.38. The van der Waals surface area contributed by atoms with E-state index >= 15 is 0 Å². The van der Waals surface area contributed by atoms with Gasteiger partial charge in [-0.25, -0.2) is 0 Å². The standard InChI is InChI=1S/2C11H11NO2.Al/c2*1-7-6-10(14-2)8-4-3-5-9(13)11(8)12-7;/h2*3-6,13H,1-2H3;/q;;+2/p-2. The second-order valence-corrected chi connectivity index (χ2v) is 6.24. The van der Waals surface area contributed by atoms with Gasteiger partial charge in [-0.15, -0.1) is 0 Å². The van der Waals surface area contributed by atoms with E-state index in [4.69, 9.17) is 9.47 Å². The van der Waals surface area contributed by atoms with E-state index in [2.05, 4.69) is 9.97 Å². The molecule has 0 aliphatic heterocycles. The van der Waals surface area contributed by atoms with Gasteiger partial charge in [0.05, 0.1) is 25.3 Å². The van der Waals surface area contributed by atoms with Crippen LogP contribution in [0.1, 0.15) is 11.4 Å². The number of hydrogen-bond acceptors (Lipinski definition) is 6. The third-order valence-electron chi connectivity index (χ3n) is 4.23. The van der Waals surface area contributed by atoms with Crippen molar-refractivity contribution in [2.75, 3.05) is 14.2 Å². The van der Waals surface area contributed by atoms with E-state index in [1.807, 2.05) is 38.1 Å². The largest absolute Gasteiger partial charge is 2.00 e. The second-order valence-electron chi connectivity index (χ2n) is 6.24. The van der Waals surface area contributed by atoms with Crippen molar-refractivity contribution in [1.29, 1.82) is 0 Å². The number of rotatable bonds is 2. The quantitative estimate of drug-likeness (QED) is 0.478. The Hall–Kier alpha value is -3.01. The van der Waals surface area contributed by atoms with Crippen LogP contribution in [0.25, 0.3) is 21.8 Å². The van der Waals surface area contributed by atoms with Gasteiger partial charge in [-0.3, -0.25) is 9.97 Å². The molecule has 2 aromatic heterocycles. The zero-order valence-corrected chi connectivity index (χ0v) is 17.9. The van der Waals surface area contributed by atoms with Crippen molar-refractivity contribution in [1.82, 2.24) is 9.97 Å². The molecule has 0 spiro atoms. The molecule has 0 aliphatic rings. The third kappa shape index (κ3) is 4.70. The van der Waals surface area contributed by atoms with E-state index < -0.39 is 0 Å². The number of aryl methyl sites for hydroxylation is 2. The molecule has 0 bridgehead atoms. The zero-order chi connectivity index (χ0) is 20.3. The van der Waals surface area contributed by atoms with E-state index in [1.165, 1.54) is 12.1 Å². The summed E-state index contributed by atoms with van der Waals surface area (Å²) in [6.07, 6.45) is 0. The maximum absolute atomic E-state index is 11.5. The fourth-order valence-corrected chi connectivity index (χ4v) is 2.96. The molecule has 29 heavy (non-hydrogen) atoms. The normalized spacial score (nSPS) is 10.1. The first-order valence-electron chi connectivity index (χ1n) is 8.67. The first kappa shape index (κ1) is 22.3. The molecule has 6 nitrogen and oxygen atoms in total. The Morgan fingerprint density at radius 2 is 1.07 bits per heavy atom. The van der Waals surface area contributed by atoms with Crippen LogP contribution in [0.2, 0.25) is 0 Å². The summed E-state index contributed by atoms with van der Waals surface area (Å²) < 4.78 is 10.4. The first-order valence-corrected chi connectivity index (χ1v) is 8.67. The minimum Gasteiger partial charge on any atom is -0.871 e. The van der Waals surface area contributed by atoms with Crippen molar-refractivity contribution in [3.8, 4) is 23.0 Å². The van der Waals surface area contributed by atoms with Crippen molar-refractivity contribution < 1.29 is 19.7 Å². The molecule has 0 aliphatic carbocycles. The average molecular weight is 403 g/mol. The summed E-state index contributed by atoms with van der Waals surface area (Å²) in [5.74, 6) is 1.27. The molecular weight excluding hydrogens is 383 g/mol. The second kappa shape index (κ2) is 9.46. The van der Waals surface area contributed by atoms with Crippen LogP contribution in [0.4, 0.5) is 0 Å². The number of nitrogens with zero attached hydrogens (tertiary/aromatic N) is 2. The molecule has 0 unspecified atom stereocenters. The van der Waals surface area contributed by atoms with E-state index in [1.54, 1.807) is 26.4 Å². The Morgan fingerprint density at radius 1 is 0.690 bits per heavy atom. The van der Waals surface area contributed by atoms with Gasteiger partial charge in [-0.1, -0.05) is 35.8 Å². The van der Waals surface area contributed by atoms with Gasteiger partial charge < -0.3 is 19.7 Å². The van der Waals surface area contributed by atoms with Gasteiger partial charge in [-0.05, 0) is 26.0 Å². The molecular formula is C22H20AlN2O4. The maximum atomic E-state index is 11.5. The summed E-state index contributed by atoms with van der Waals surface area (Å²) in [5, 5.41) is 24.5. The predicted molar refractivity (Wildman–Crippen MR) is 111 cm³/mol. The number of benzene rings is 2. The van der Waals surface area contributed by atoms with Gasteiger partial charge in [0, 0.05) is 34.3 Å². The zero-order valence-electron chi connectivity index (χ0n) is 16.7. The molecule has 145 valence electrons. The van der Waals surface area contributed by atoms with Crippen molar-refractivity contribution in [3.63, 3.8) is 0 Å². The van der Waals surface area contributed by atoms with Crippen LogP contribution < -0.4 is 19.7 Å². The fourth-order valence-electron chi connectivity index (χ4n) is 2.96. The fraction of sp³-hybridized carbons (Fsp3) is 0.182. The van der Waals surface area contributed by atoms with E-state index in [0.29, 0.717) is 22.5 Å². The first-order chi connectivity index (χ1) is 13.4. The molecule has 4 aromatic rings. The predicted octanol–water partition coefficient (Wildman–Crippen LogP) is 2.87. The molecule has 4 rings (SSSR count). The summed E-state index contributed by atoms with van der Waals surface area (Å²) in [6.45, 7) is 3.68. The SMILES string of the molecule is COc1cc(C)nc2c([O-])cccc12.COc1cc(C)nc2c([O-])cccc12.[Al+2]. The van der Waals surface area contributed by atoms with Gasteiger partial charge in [0.15, 0.2) is 0 Å².